The molecule has 4 nitrogen and oxygen atoms in total. The van der Waals surface area contributed by atoms with Crippen LogP contribution < -0.4 is 10.5 Å². The zero-order valence-electron chi connectivity index (χ0n) is 12.2. The van der Waals surface area contributed by atoms with Crippen molar-refractivity contribution in [2.75, 3.05) is 12.3 Å². The number of carbonyl (C=O) groups is 1. The van der Waals surface area contributed by atoms with Crippen molar-refractivity contribution in [1.82, 2.24) is 0 Å². The number of halogens is 3. The molecule has 2 N–H and O–H groups in total. The standard InChI is InChI=1S/C16H14F3NO3/c1-2-22-15(21)13-9-12(7-8-14(13)20)23-11-5-3-10(4-6-11)16(17,18)19/h3-9H,2,20H2,1H3. The molecular weight excluding hydrogens is 311 g/mol. The van der Waals surface area contributed by atoms with E-state index >= 15 is 0 Å². The van der Waals surface area contributed by atoms with Gasteiger partial charge in [-0.25, -0.2) is 4.79 Å². The average molecular weight is 325 g/mol. The summed E-state index contributed by atoms with van der Waals surface area (Å²) in [6, 6.07) is 8.58. The number of carbonyl (C=O) groups excluding carboxylic acids is 1. The fourth-order valence-corrected chi connectivity index (χ4v) is 1.83. The SMILES string of the molecule is CCOC(=O)c1cc(Oc2ccc(C(F)(F)F)cc2)ccc1N. The second kappa shape index (κ2) is 6.60. The smallest absolute Gasteiger partial charge is 0.416 e. The maximum atomic E-state index is 12.5. The number of benzene rings is 2. The Balaban J connectivity index is 2.20. The lowest BCUT2D eigenvalue weighted by molar-refractivity contribution is -0.137. The van der Waals surface area contributed by atoms with Gasteiger partial charge in [0.15, 0.2) is 0 Å². The molecule has 0 aliphatic heterocycles. The van der Waals surface area contributed by atoms with Gasteiger partial charge in [0.25, 0.3) is 0 Å². The molecule has 0 fully saturated rings. The molecule has 2 aromatic rings. The van der Waals surface area contributed by atoms with Gasteiger partial charge in [0.2, 0.25) is 0 Å². The van der Waals surface area contributed by atoms with Crippen LogP contribution in [0.3, 0.4) is 0 Å². The van der Waals surface area contributed by atoms with E-state index in [1.807, 2.05) is 0 Å². The zero-order chi connectivity index (χ0) is 17.0. The monoisotopic (exact) mass is 325 g/mol. The van der Waals surface area contributed by atoms with Gasteiger partial charge in [-0.05, 0) is 49.4 Å². The Labute approximate surface area is 130 Å². The minimum absolute atomic E-state index is 0.135. The van der Waals surface area contributed by atoms with E-state index in [9.17, 15) is 18.0 Å². The van der Waals surface area contributed by atoms with Crippen molar-refractivity contribution in [3.8, 4) is 11.5 Å². The highest BCUT2D eigenvalue weighted by molar-refractivity contribution is 5.95. The molecular formula is C16H14F3NO3. The maximum Gasteiger partial charge on any atom is 0.416 e. The highest BCUT2D eigenvalue weighted by Crippen LogP contribution is 2.32. The molecule has 0 bridgehead atoms. The first-order valence-corrected chi connectivity index (χ1v) is 6.73. The Morgan fingerprint density at radius 1 is 1.09 bits per heavy atom. The number of hydrogen-bond acceptors (Lipinski definition) is 4. The fourth-order valence-electron chi connectivity index (χ4n) is 1.83. The van der Waals surface area contributed by atoms with Gasteiger partial charge in [0, 0.05) is 5.69 Å². The topological polar surface area (TPSA) is 61.5 Å². The van der Waals surface area contributed by atoms with Crippen LogP contribution in [0.4, 0.5) is 18.9 Å². The van der Waals surface area contributed by atoms with E-state index in [4.69, 9.17) is 15.2 Å². The van der Waals surface area contributed by atoms with Gasteiger partial charge in [-0.15, -0.1) is 0 Å². The first-order chi connectivity index (χ1) is 10.8. The van der Waals surface area contributed by atoms with Crippen molar-refractivity contribution in [3.05, 3.63) is 53.6 Å². The molecule has 0 atom stereocenters. The molecule has 7 heteroatoms. The summed E-state index contributed by atoms with van der Waals surface area (Å²) >= 11 is 0. The molecule has 0 aliphatic carbocycles. The lowest BCUT2D eigenvalue weighted by Crippen LogP contribution is -2.08. The van der Waals surface area contributed by atoms with Crippen LogP contribution in [-0.2, 0) is 10.9 Å². The normalized spacial score (nSPS) is 11.1. The van der Waals surface area contributed by atoms with Gasteiger partial charge in [-0.1, -0.05) is 0 Å². The van der Waals surface area contributed by atoms with Gasteiger partial charge in [-0.3, -0.25) is 0 Å². The average Bonchev–Trinajstić information content (AvgIpc) is 2.49. The minimum Gasteiger partial charge on any atom is -0.462 e. The Morgan fingerprint density at radius 3 is 2.26 bits per heavy atom. The van der Waals surface area contributed by atoms with Crippen LogP contribution in [-0.4, -0.2) is 12.6 Å². The summed E-state index contributed by atoms with van der Waals surface area (Å²) in [4.78, 5) is 11.7. The number of nitrogens with two attached hydrogens (primary N) is 1. The fraction of sp³-hybridized carbons (Fsp3) is 0.188. The molecule has 0 unspecified atom stereocenters. The van der Waals surface area contributed by atoms with Crippen molar-refractivity contribution < 1.29 is 27.4 Å². The van der Waals surface area contributed by atoms with Gasteiger partial charge < -0.3 is 15.2 Å². The minimum atomic E-state index is -4.41. The summed E-state index contributed by atoms with van der Waals surface area (Å²) in [6.45, 7) is 1.86. The maximum absolute atomic E-state index is 12.5. The number of alkyl halides is 3. The van der Waals surface area contributed by atoms with E-state index in [1.54, 1.807) is 6.92 Å². The number of anilines is 1. The molecule has 0 spiro atoms. The Morgan fingerprint density at radius 2 is 1.70 bits per heavy atom. The van der Waals surface area contributed by atoms with Crippen molar-refractivity contribution in [2.24, 2.45) is 0 Å². The third kappa shape index (κ3) is 4.15. The highest BCUT2D eigenvalue weighted by atomic mass is 19.4. The van der Waals surface area contributed by atoms with E-state index in [2.05, 4.69) is 0 Å². The predicted octanol–water partition coefficient (Wildman–Crippen LogP) is 4.26. The summed E-state index contributed by atoms with van der Waals surface area (Å²) in [5.41, 5.74) is 5.29. The number of rotatable bonds is 4. The molecule has 2 aromatic carbocycles. The molecule has 0 amide bonds. The molecule has 122 valence electrons. The van der Waals surface area contributed by atoms with E-state index < -0.39 is 17.7 Å². The summed E-state index contributed by atoms with van der Waals surface area (Å²) in [6.07, 6.45) is -4.41. The molecule has 0 saturated carbocycles. The summed E-state index contributed by atoms with van der Waals surface area (Å²) in [5, 5.41) is 0. The highest BCUT2D eigenvalue weighted by Gasteiger charge is 2.30. The van der Waals surface area contributed by atoms with E-state index in [1.165, 1.54) is 30.3 Å². The summed E-state index contributed by atoms with van der Waals surface area (Å²) < 4.78 is 47.8. The van der Waals surface area contributed by atoms with E-state index in [0.29, 0.717) is 0 Å². The second-order valence-corrected chi connectivity index (χ2v) is 4.59. The summed E-state index contributed by atoms with van der Waals surface area (Å²) in [5.74, 6) is -0.123. The Bertz CT molecular complexity index is 697. The predicted molar refractivity (Wildman–Crippen MR) is 78.3 cm³/mol. The van der Waals surface area contributed by atoms with Gasteiger partial charge in [0.1, 0.15) is 11.5 Å². The van der Waals surface area contributed by atoms with Crippen molar-refractivity contribution in [2.45, 2.75) is 13.1 Å². The van der Waals surface area contributed by atoms with Crippen LogP contribution in [0, 0.1) is 0 Å². The van der Waals surface area contributed by atoms with Crippen molar-refractivity contribution in [1.29, 1.82) is 0 Å². The third-order valence-corrected chi connectivity index (χ3v) is 2.94. The van der Waals surface area contributed by atoms with Crippen LogP contribution >= 0.6 is 0 Å². The lowest BCUT2D eigenvalue weighted by atomic mass is 10.1. The van der Waals surface area contributed by atoms with Gasteiger partial charge in [-0.2, -0.15) is 13.2 Å². The van der Waals surface area contributed by atoms with Crippen LogP contribution in [0.1, 0.15) is 22.8 Å². The Hall–Kier alpha value is -2.70. The molecule has 0 aliphatic rings. The molecule has 0 saturated heterocycles. The number of ether oxygens (including phenoxy) is 2. The van der Waals surface area contributed by atoms with Gasteiger partial charge in [0.05, 0.1) is 17.7 Å². The number of esters is 1. The van der Waals surface area contributed by atoms with E-state index in [0.717, 1.165) is 12.1 Å². The van der Waals surface area contributed by atoms with Gasteiger partial charge >= 0.3 is 12.1 Å². The van der Waals surface area contributed by atoms with E-state index in [-0.39, 0.29) is 29.4 Å². The third-order valence-electron chi connectivity index (χ3n) is 2.94. The zero-order valence-corrected chi connectivity index (χ0v) is 12.2. The van der Waals surface area contributed by atoms with Crippen LogP contribution in [0.2, 0.25) is 0 Å². The molecule has 23 heavy (non-hydrogen) atoms. The molecule has 2 rings (SSSR count). The van der Waals surface area contributed by atoms with Crippen LogP contribution in [0.15, 0.2) is 42.5 Å². The second-order valence-electron chi connectivity index (χ2n) is 4.59. The first-order valence-electron chi connectivity index (χ1n) is 6.73. The van der Waals surface area contributed by atoms with Crippen molar-refractivity contribution in [3.63, 3.8) is 0 Å². The van der Waals surface area contributed by atoms with Crippen LogP contribution in [0.5, 0.6) is 11.5 Å². The summed E-state index contributed by atoms with van der Waals surface area (Å²) in [7, 11) is 0. The Kier molecular flexibility index (Phi) is 4.78. The van der Waals surface area contributed by atoms with Crippen LogP contribution in [0.25, 0.3) is 0 Å². The van der Waals surface area contributed by atoms with Crippen molar-refractivity contribution >= 4 is 11.7 Å². The largest absolute Gasteiger partial charge is 0.462 e. The number of hydrogen-bond donors (Lipinski definition) is 1. The molecule has 0 radical (unpaired) electrons. The molecule has 0 aromatic heterocycles. The first kappa shape index (κ1) is 16.7. The number of nitrogen functional groups attached to an aromatic ring is 1. The molecule has 0 heterocycles. The lowest BCUT2D eigenvalue weighted by Gasteiger charge is -2.11. The quantitative estimate of drug-likeness (QED) is 0.674.